The molecule has 1 aliphatic carbocycles. The first kappa shape index (κ1) is 17.0. The fourth-order valence-corrected chi connectivity index (χ4v) is 3.33. The van der Waals surface area contributed by atoms with Crippen LogP contribution in [0.15, 0.2) is 41.1 Å². The number of carbonyl (C=O) groups is 1. The Hall–Kier alpha value is -1.81. The van der Waals surface area contributed by atoms with Crippen molar-refractivity contribution in [3.05, 3.63) is 52.2 Å². The topological polar surface area (TPSA) is 29.5 Å². The highest BCUT2D eigenvalue weighted by atomic mass is 32.1. The zero-order valence-corrected chi connectivity index (χ0v) is 15.4. The van der Waals surface area contributed by atoms with Crippen LogP contribution < -0.4 is 4.74 Å². The Labute approximate surface area is 148 Å². The van der Waals surface area contributed by atoms with E-state index in [2.05, 4.69) is 49.7 Å². The lowest BCUT2D eigenvalue weighted by Crippen LogP contribution is -2.36. The van der Waals surface area contributed by atoms with E-state index in [9.17, 15) is 4.79 Å². The minimum Gasteiger partial charge on any atom is -0.484 e. The van der Waals surface area contributed by atoms with Gasteiger partial charge in [0.1, 0.15) is 5.75 Å². The van der Waals surface area contributed by atoms with Gasteiger partial charge in [0, 0.05) is 12.6 Å². The van der Waals surface area contributed by atoms with Gasteiger partial charge in [-0.2, -0.15) is 11.3 Å². The number of carbonyl (C=O) groups excluding carboxylic acids is 1. The second-order valence-corrected chi connectivity index (χ2v) is 8.23. The standard InChI is InChI=1S/C20H25NO2S/c1-20(2,3)16-4-8-18(9-5-16)23-13-19(22)21(17-6-7-17)12-15-10-11-24-14-15/h4-5,8-11,14,17H,6-7,12-13H2,1-3H3. The van der Waals surface area contributed by atoms with Gasteiger partial charge in [-0.05, 0) is 58.3 Å². The molecule has 0 unspecified atom stereocenters. The third-order valence-corrected chi connectivity index (χ3v) is 5.06. The van der Waals surface area contributed by atoms with Crippen LogP contribution in [0.3, 0.4) is 0 Å². The monoisotopic (exact) mass is 343 g/mol. The molecule has 0 bridgehead atoms. The highest BCUT2D eigenvalue weighted by molar-refractivity contribution is 7.07. The van der Waals surface area contributed by atoms with E-state index >= 15 is 0 Å². The number of thiophene rings is 1. The summed E-state index contributed by atoms with van der Waals surface area (Å²) in [5, 5.41) is 4.16. The summed E-state index contributed by atoms with van der Waals surface area (Å²) in [6.07, 6.45) is 2.21. The van der Waals surface area contributed by atoms with E-state index in [0.717, 1.165) is 18.6 Å². The first-order chi connectivity index (χ1) is 11.4. The van der Waals surface area contributed by atoms with Gasteiger partial charge in [-0.25, -0.2) is 0 Å². The van der Waals surface area contributed by atoms with Gasteiger partial charge in [-0.15, -0.1) is 0 Å². The van der Waals surface area contributed by atoms with Gasteiger partial charge < -0.3 is 9.64 Å². The summed E-state index contributed by atoms with van der Waals surface area (Å²) in [6, 6.07) is 10.5. The lowest BCUT2D eigenvalue weighted by atomic mass is 9.87. The van der Waals surface area contributed by atoms with Crippen molar-refractivity contribution < 1.29 is 9.53 Å². The number of ether oxygens (including phenoxy) is 1. The van der Waals surface area contributed by atoms with E-state index < -0.39 is 0 Å². The Kier molecular flexibility index (Phi) is 4.95. The van der Waals surface area contributed by atoms with Crippen LogP contribution >= 0.6 is 11.3 Å². The number of amides is 1. The summed E-state index contributed by atoms with van der Waals surface area (Å²) >= 11 is 1.67. The number of nitrogens with zero attached hydrogens (tertiary/aromatic N) is 1. The van der Waals surface area contributed by atoms with Crippen molar-refractivity contribution in [3.63, 3.8) is 0 Å². The zero-order valence-electron chi connectivity index (χ0n) is 14.6. The van der Waals surface area contributed by atoms with E-state index in [0.29, 0.717) is 12.6 Å². The summed E-state index contributed by atoms with van der Waals surface area (Å²) in [7, 11) is 0. The summed E-state index contributed by atoms with van der Waals surface area (Å²) in [6.45, 7) is 7.36. The maximum atomic E-state index is 12.6. The smallest absolute Gasteiger partial charge is 0.261 e. The average Bonchev–Trinajstić information content (AvgIpc) is 3.26. The molecule has 1 fully saturated rings. The normalized spacial score (nSPS) is 14.5. The lowest BCUT2D eigenvalue weighted by Gasteiger charge is -2.22. The third-order valence-electron chi connectivity index (χ3n) is 4.32. The number of rotatable bonds is 6. The van der Waals surface area contributed by atoms with Crippen molar-refractivity contribution in [1.82, 2.24) is 4.90 Å². The Morgan fingerprint density at radius 2 is 1.92 bits per heavy atom. The molecule has 0 atom stereocenters. The molecule has 1 aromatic heterocycles. The second-order valence-electron chi connectivity index (χ2n) is 7.45. The van der Waals surface area contributed by atoms with Crippen LogP contribution in [0.4, 0.5) is 0 Å². The molecule has 0 radical (unpaired) electrons. The molecule has 1 saturated carbocycles. The molecule has 3 rings (SSSR count). The predicted octanol–water partition coefficient (Wildman–Crippen LogP) is 4.62. The van der Waals surface area contributed by atoms with Gasteiger partial charge in [-0.3, -0.25) is 4.79 Å². The minimum atomic E-state index is 0.0728. The average molecular weight is 343 g/mol. The van der Waals surface area contributed by atoms with E-state index in [1.165, 1.54) is 11.1 Å². The number of hydrogen-bond donors (Lipinski definition) is 0. The zero-order chi connectivity index (χ0) is 17.2. The van der Waals surface area contributed by atoms with Crippen LogP contribution in [0.25, 0.3) is 0 Å². The van der Waals surface area contributed by atoms with Crippen molar-refractivity contribution in [2.24, 2.45) is 0 Å². The SMILES string of the molecule is CC(C)(C)c1ccc(OCC(=O)N(Cc2ccsc2)C2CC2)cc1. The number of benzene rings is 1. The maximum Gasteiger partial charge on any atom is 0.261 e. The van der Waals surface area contributed by atoms with Crippen LogP contribution in [0.1, 0.15) is 44.7 Å². The van der Waals surface area contributed by atoms with Crippen LogP contribution in [0, 0.1) is 0 Å². The van der Waals surface area contributed by atoms with E-state index in [1.807, 2.05) is 17.0 Å². The van der Waals surface area contributed by atoms with Crippen molar-refractivity contribution in [2.45, 2.75) is 51.6 Å². The molecule has 2 aromatic rings. The molecular formula is C20H25NO2S. The molecule has 1 aliphatic rings. The Morgan fingerprint density at radius 1 is 1.21 bits per heavy atom. The van der Waals surface area contributed by atoms with Gasteiger partial charge in [0.05, 0.1) is 0 Å². The van der Waals surface area contributed by atoms with E-state index in [-0.39, 0.29) is 17.9 Å². The number of hydrogen-bond acceptors (Lipinski definition) is 3. The molecule has 3 nitrogen and oxygen atoms in total. The van der Waals surface area contributed by atoms with Gasteiger partial charge in [0.2, 0.25) is 0 Å². The third kappa shape index (κ3) is 4.38. The fraction of sp³-hybridized carbons (Fsp3) is 0.450. The van der Waals surface area contributed by atoms with E-state index in [1.54, 1.807) is 11.3 Å². The molecule has 0 aliphatic heterocycles. The first-order valence-corrected chi connectivity index (χ1v) is 9.41. The molecule has 0 N–H and O–H groups in total. The molecule has 1 amide bonds. The first-order valence-electron chi connectivity index (χ1n) is 8.47. The molecule has 0 saturated heterocycles. The Bertz CT molecular complexity index is 667. The maximum absolute atomic E-state index is 12.6. The molecule has 24 heavy (non-hydrogen) atoms. The van der Waals surface area contributed by atoms with Crippen molar-refractivity contribution in [3.8, 4) is 5.75 Å². The van der Waals surface area contributed by atoms with E-state index in [4.69, 9.17) is 4.74 Å². The van der Waals surface area contributed by atoms with Crippen molar-refractivity contribution >= 4 is 17.2 Å². The van der Waals surface area contributed by atoms with Crippen LogP contribution in [-0.4, -0.2) is 23.5 Å². The highest BCUT2D eigenvalue weighted by Crippen LogP contribution is 2.29. The minimum absolute atomic E-state index is 0.0728. The summed E-state index contributed by atoms with van der Waals surface area (Å²) in [4.78, 5) is 14.5. The van der Waals surface area contributed by atoms with Gasteiger partial charge in [0.15, 0.2) is 6.61 Å². The second kappa shape index (κ2) is 6.98. The van der Waals surface area contributed by atoms with Crippen molar-refractivity contribution in [1.29, 1.82) is 0 Å². The van der Waals surface area contributed by atoms with Crippen molar-refractivity contribution in [2.75, 3.05) is 6.61 Å². The van der Waals surface area contributed by atoms with Crippen LogP contribution in [0.2, 0.25) is 0 Å². The Morgan fingerprint density at radius 3 is 2.46 bits per heavy atom. The summed E-state index contributed by atoms with van der Waals surface area (Å²) in [5.41, 5.74) is 2.59. The molecule has 1 heterocycles. The highest BCUT2D eigenvalue weighted by Gasteiger charge is 2.32. The lowest BCUT2D eigenvalue weighted by molar-refractivity contribution is -0.134. The molecule has 0 spiro atoms. The quantitative estimate of drug-likeness (QED) is 0.766. The fourth-order valence-electron chi connectivity index (χ4n) is 2.67. The summed E-state index contributed by atoms with van der Waals surface area (Å²) < 4.78 is 5.72. The van der Waals surface area contributed by atoms with Crippen LogP contribution in [0.5, 0.6) is 5.75 Å². The molecule has 1 aromatic carbocycles. The van der Waals surface area contributed by atoms with Gasteiger partial charge >= 0.3 is 0 Å². The van der Waals surface area contributed by atoms with Crippen LogP contribution in [-0.2, 0) is 16.8 Å². The Balaban J connectivity index is 1.57. The largest absolute Gasteiger partial charge is 0.484 e. The predicted molar refractivity (Wildman–Crippen MR) is 98.5 cm³/mol. The molecule has 128 valence electrons. The molecular weight excluding hydrogens is 318 g/mol. The van der Waals surface area contributed by atoms with Gasteiger partial charge in [0.25, 0.3) is 5.91 Å². The summed E-state index contributed by atoms with van der Waals surface area (Å²) in [5.74, 6) is 0.825. The molecule has 4 heteroatoms. The van der Waals surface area contributed by atoms with Gasteiger partial charge in [-0.1, -0.05) is 32.9 Å².